The molecule has 1 atom stereocenters. The van der Waals surface area contributed by atoms with Gasteiger partial charge in [0.15, 0.2) is 0 Å². The third-order valence-electron chi connectivity index (χ3n) is 4.72. The zero-order valence-electron chi connectivity index (χ0n) is 12.4. The highest BCUT2D eigenvalue weighted by atomic mass is 15.2. The fourth-order valence-electron chi connectivity index (χ4n) is 3.44. The molecule has 0 bridgehead atoms. The monoisotopic (exact) mass is 261 g/mol. The second-order valence-corrected chi connectivity index (χ2v) is 5.96. The summed E-state index contributed by atoms with van der Waals surface area (Å²) in [4.78, 5) is 4.57. The van der Waals surface area contributed by atoms with Crippen molar-refractivity contribution in [3.05, 3.63) is 29.1 Å². The van der Waals surface area contributed by atoms with Crippen LogP contribution in [-0.4, -0.2) is 4.98 Å². The Morgan fingerprint density at radius 1 is 1.26 bits per heavy atom. The largest absolute Gasteiger partial charge is 0.271 e. The zero-order valence-corrected chi connectivity index (χ0v) is 12.4. The minimum Gasteiger partial charge on any atom is -0.271 e. The molecule has 1 fully saturated rings. The van der Waals surface area contributed by atoms with Gasteiger partial charge in [0.25, 0.3) is 0 Å². The molecule has 2 rings (SSSR count). The Bertz CT molecular complexity index is 408. The number of nitrogens with one attached hydrogen (secondary N) is 1. The van der Waals surface area contributed by atoms with Crippen LogP contribution in [0.2, 0.25) is 0 Å². The summed E-state index contributed by atoms with van der Waals surface area (Å²) in [5.41, 5.74) is 6.50. The van der Waals surface area contributed by atoms with Gasteiger partial charge in [0.1, 0.15) is 0 Å². The predicted molar refractivity (Wildman–Crippen MR) is 79.5 cm³/mol. The number of aryl methyl sites for hydroxylation is 2. The molecule has 0 radical (unpaired) electrons. The standard InChI is InChI=1S/C16H27N3/c1-4-13-6-8-14(9-7-13)16(19-17)15-10-5-11(2)18-12(15)3/h5,10,13-14,16,19H,4,6-9,17H2,1-3H3. The Morgan fingerprint density at radius 3 is 2.47 bits per heavy atom. The zero-order chi connectivity index (χ0) is 13.8. The molecule has 106 valence electrons. The summed E-state index contributed by atoms with van der Waals surface area (Å²) in [6, 6.07) is 4.53. The maximum atomic E-state index is 5.83. The molecule has 0 amide bonds. The van der Waals surface area contributed by atoms with Crippen molar-refractivity contribution in [1.29, 1.82) is 0 Å². The molecule has 1 aromatic heterocycles. The van der Waals surface area contributed by atoms with Crippen molar-refractivity contribution in [3.8, 4) is 0 Å². The molecule has 1 unspecified atom stereocenters. The molecule has 0 aliphatic heterocycles. The molecule has 3 N–H and O–H groups in total. The van der Waals surface area contributed by atoms with Gasteiger partial charge in [-0.05, 0) is 50.2 Å². The lowest BCUT2D eigenvalue weighted by Crippen LogP contribution is -2.36. The van der Waals surface area contributed by atoms with E-state index in [1.807, 2.05) is 6.92 Å². The van der Waals surface area contributed by atoms with Crippen molar-refractivity contribution >= 4 is 0 Å². The van der Waals surface area contributed by atoms with Crippen molar-refractivity contribution in [2.45, 2.75) is 58.9 Å². The van der Waals surface area contributed by atoms with Crippen molar-refractivity contribution < 1.29 is 0 Å². The van der Waals surface area contributed by atoms with Gasteiger partial charge in [-0.15, -0.1) is 0 Å². The van der Waals surface area contributed by atoms with E-state index in [9.17, 15) is 0 Å². The maximum Gasteiger partial charge on any atom is 0.0506 e. The molecule has 1 saturated carbocycles. The number of nitrogens with zero attached hydrogens (tertiary/aromatic N) is 1. The van der Waals surface area contributed by atoms with Crippen LogP contribution < -0.4 is 11.3 Å². The number of nitrogens with two attached hydrogens (primary N) is 1. The highest BCUT2D eigenvalue weighted by molar-refractivity contribution is 5.25. The van der Waals surface area contributed by atoms with E-state index in [1.54, 1.807) is 0 Å². The molecular weight excluding hydrogens is 234 g/mol. The predicted octanol–water partition coefficient (Wildman–Crippen LogP) is 3.42. The average Bonchev–Trinajstić information content (AvgIpc) is 2.42. The molecule has 0 aromatic carbocycles. The third kappa shape index (κ3) is 3.34. The number of rotatable bonds is 4. The lowest BCUT2D eigenvalue weighted by Gasteiger charge is -2.34. The first kappa shape index (κ1) is 14.5. The number of hydrogen-bond acceptors (Lipinski definition) is 3. The SMILES string of the molecule is CCC1CCC(C(NN)c2ccc(C)nc2C)CC1. The second kappa shape index (κ2) is 6.49. The van der Waals surface area contributed by atoms with E-state index in [4.69, 9.17) is 5.84 Å². The Hall–Kier alpha value is -0.930. The van der Waals surface area contributed by atoms with Crippen LogP contribution in [0.3, 0.4) is 0 Å². The van der Waals surface area contributed by atoms with Gasteiger partial charge in [-0.1, -0.05) is 32.3 Å². The van der Waals surface area contributed by atoms with E-state index in [1.165, 1.54) is 37.7 Å². The first-order valence-corrected chi connectivity index (χ1v) is 7.56. The van der Waals surface area contributed by atoms with Crippen molar-refractivity contribution in [2.75, 3.05) is 0 Å². The second-order valence-electron chi connectivity index (χ2n) is 5.96. The van der Waals surface area contributed by atoms with Crippen LogP contribution in [0, 0.1) is 25.7 Å². The molecule has 3 heteroatoms. The van der Waals surface area contributed by atoms with Gasteiger partial charge in [0.05, 0.1) is 6.04 Å². The lowest BCUT2D eigenvalue weighted by molar-refractivity contribution is 0.219. The minimum atomic E-state index is 0.255. The topological polar surface area (TPSA) is 50.9 Å². The molecule has 0 spiro atoms. The highest BCUT2D eigenvalue weighted by Crippen LogP contribution is 2.38. The van der Waals surface area contributed by atoms with Crippen LogP contribution >= 0.6 is 0 Å². The molecule has 1 heterocycles. The number of aromatic nitrogens is 1. The van der Waals surface area contributed by atoms with E-state index in [0.29, 0.717) is 5.92 Å². The van der Waals surface area contributed by atoms with Gasteiger partial charge in [-0.2, -0.15) is 0 Å². The Kier molecular flexibility index (Phi) is 4.94. The smallest absolute Gasteiger partial charge is 0.0506 e. The van der Waals surface area contributed by atoms with Gasteiger partial charge in [-0.25, -0.2) is 0 Å². The summed E-state index contributed by atoms with van der Waals surface area (Å²) in [5.74, 6) is 7.40. The maximum absolute atomic E-state index is 5.83. The quantitative estimate of drug-likeness (QED) is 0.645. The minimum absolute atomic E-state index is 0.255. The molecule has 3 nitrogen and oxygen atoms in total. The molecule has 0 saturated heterocycles. The molecule has 1 aliphatic rings. The van der Waals surface area contributed by atoms with Crippen molar-refractivity contribution in [3.63, 3.8) is 0 Å². The lowest BCUT2D eigenvalue weighted by atomic mass is 9.76. The van der Waals surface area contributed by atoms with E-state index < -0.39 is 0 Å². The first-order chi connectivity index (χ1) is 9.15. The summed E-state index contributed by atoms with van der Waals surface area (Å²) in [6.07, 6.45) is 6.56. The highest BCUT2D eigenvalue weighted by Gasteiger charge is 2.28. The van der Waals surface area contributed by atoms with Crippen LogP contribution in [0.1, 0.15) is 62.0 Å². The number of pyridine rings is 1. The van der Waals surface area contributed by atoms with E-state index in [2.05, 4.69) is 36.4 Å². The summed E-state index contributed by atoms with van der Waals surface area (Å²) in [5, 5.41) is 0. The van der Waals surface area contributed by atoms with Crippen molar-refractivity contribution in [1.82, 2.24) is 10.4 Å². The van der Waals surface area contributed by atoms with E-state index >= 15 is 0 Å². The Morgan fingerprint density at radius 2 is 1.95 bits per heavy atom. The average molecular weight is 261 g/mol. The van der Waals surface area contributed by atoms with Crippen LogP contribution in [-0.2, 0) is 0 Å². The Balaban J connectivity index is 2.12. The summed E-state index contributed by atoms with van der Waals surface area (Å²) < 4.78 is 0. The van der Waals surface area contributed by atoms with Gasteiger partial charge in [-0.3, -0.25) is 16.3 Å². The van der Waals surface area contributed by atoms with Crippen LogP contribution in [0.5, 0.6) is 0 Å². The molecule has 19 heavy (non-hydrogen) atoms. The van der Waals surface area contributed by atoms with E-state index in [0.717, 1.165) is 17.3 Å². The van der Waals surface area contributed by atoms with Crippen LogP contribution in [0.4, 0.5) is 0 Å². The first-order valence-electron chi connectivity index (χ1n) is 7.56. The van der Waals surface area contributed by atoms with E-state index in [-0.39, 0.29) is 6.04 Å². The van der Waals surface area contributed by atoms with Gasteiger partial charge >= 0.3 is 0 Å². The fourth-order valence-corrected chi connectivity index (χ4v) is 3.44. The fraction of sp³-hybridized carbons (Fsp3) is 0.688. The third-order valence-corrected chi connectivity index (χ3v) is 4.72. The molecule has 1 aromatic rings. The van der Waals surface area contributed by atoms with Gasteiger partial charge in [0.2, 0.25) is 0 Å². The van der Waals surface area contributed by atoms with Crippen LogP contribution in [0.15, 0.2) is 12.1 Å². The normalized spacial score (nSPS) is 25.3. The molecule has 1 aliphatic carbocycles. The number of hydrogen-bond donors (Lipinski definition) is 2. The molecular formula is C16H27N3. The summed E-state index contributed by atoms with van der Waals surface area (Å²) in [7, 11) is 0. The van der Waals surface area contributed by atoms with Crippen molar-refractivity contribution in [2.24, 2.45) is 17.7 Å². The van der Waals surface area contributed by atoms with Gasteiger partial charge in [0, 0.05) is 11.4 Å². The summed E-state index contributed by atoms with van der Waals surface area (Å²) in [6.45, 7) is 6.43. The Labute approximate surface area is 117 Å². The van der Waals surface area contributed by atoms with Crippen LogP contribution in [0.25, 0.3) is 0 Å². The summed E-state index contributed by atoms with van der Waals surface area (Å²) >= 11 is 0. The number of hydrazine groups is 1. The van der Waals surface area contributed by atoms with Gasteiger partial charge < -0.3 is 0 Å².